The van der Waals surface area contributed by atoms with Crippen LogP contribution in [0.15, 0.2) is 6.07 Å². The molecule has 2 amide bonds. The van der Waals surface area contributed by atoms with Crippen LogP contribution in [0.25, 0.3) is 0 Å². The SMILES string of the molecule is CC[C@@H](C(=O)N(C)C)N(c1cc(C#CC(C)(C)C)sc1C(=O)OCOC(=O)C(C)(C)C)C(=O)[C@H]1CC[C@H](C)CC1. The van der Waals surface area contributed by atoms with E-state index in [1.54, 1.807) is 40.9 Å². The number of ether oxygens (including phenoxy) is 2. The molecule has 1 aliphatic rings. The van der Waals surface area contributed by atoms with Crippen molar-refractivity contribution >= 4 is 40.8 Å². The summed E-state index contributed by atoms with van der Waals surface area (Å²) < 4.78 is 10.5. The van der Waals surface area contributed by atoms with E-state index in [1.165, 1.54) is 9.80 Å². The monoisotopic (exact) mass is 574 g/mol. The second-order valence-corrected chi connectivity index (χ2v) is 13.9. The maximum Gasteiger partial charge on any atom is 0.353 e. The molecular formula is C31H46N2O6S. The van der Waals surface area contributed by atoms with Crippen LogP contribution in [-0.4, -0.2) is 55.6 Å². The molecule has 1 fully saturated rings. The van der Waals surface area contributed by atoms with E-state index in [1.807, 2.05) is 27.7 Å². The first-order valence-electron chi connectivity index (χ1n) is 14.0. The Labute approximate surface area is 243 Å². The first kappa shape index (κ1) is 33.3. The van der Waals surface area contributed by atoms with E-state index < -0.39 is 30.2 Å². The lowest BCUT2D eigenvalue weighted by atomic mass is 9.82. The Hall–Kier alpha value is -2.86. The number of hydrogen-bond donors (Lipinski definition) is 0. The zero-order chi connectivity index (χ0) is 30.4. The van der Waals surface area contributed by atoms with E-state index >= 15 is 0 Å². The molecule has 0 aliphatic heterocycles. The molecule has 0 unspecified atom stereocenters. The second kappa shape index (κ2) is 13.7. The quantitative estimate of drug-likeness (QED) is 0.219. The van der Waals surface area contributed by atoms with Gasteiger partial charge in [-0.05, 0) is 85.6 Å². The first-order chi connectivity index (χ1) is 18.5. The summed E-state index contributed by atoms with van der Waals surface area (Å²) in [6.45, 7) is 14.5. The van der Waals surface area contributed by atoms with Gasteiger partial charge in [0.15, 0.2) is 0 Å². The van der Waals surface area contributed by atoms with E-state index in [0.29, 0.717) is 22.9 Å². The Morgan fingerprint density at radius 2 is 1.62 bits per heavy atom. The van der Waals surface area contributed by atoms with Crippen molar-refractivity contribution in [3.8, 4) is 11.8 Å². The highest BCUT2D eigenvalue weighted by Crippen LogP contribution is 2.37. The van der Waals surface area contributed by atoms with Crippen molar-refractivity contribution in [1.82, 2.24) is 4.90 Å². The average molecular weight is 575 g/mol. The van der Waals surface area contributed by atoms with Crippen molar-refractivity contribution in [2.75, 3.05) is 25.8 Å². The van der Waals surface area contributed by atoms with Gasteiger partial charge in [0, 0.05) is 25.4 Å². The summed E-state index contributed by atoms with van der Waals surface area (Å²) in [5.41, 5.74) is -0.730. The summed E-state index contributed by atoms with van der Waals surface area (Å²) in [4.78, 5) is 56.7. The normalized spacial score (nSPS) is 18.1. The fourth-order valence-electron chi connectivity index (χ4n) is 4.35. The van der Waals surface area contributed by atoms with Crippen molar-refractivity contribution in [3.63, 3.8) is 0 Å². The lowest BCUT2D eigenvalue weighted by Gasteiger charge is -2.36. The van der Waals surface area contributed by atoms with Crippen LogP contribution in [0.5, 0.6) is 0 Å². The Balaban J connectivity index is 2.59. The minimum atomic E-state index is -0.801. The number of hydrogen-bond acceptors (Lipinski definition) is 7. The highest BCUT2D eigenvalue weighted by molar-refractivity contribution is 7.15. The third-order valence-electron chi connectivity index (χ3n) is 6.74. The molecule has 0 bridgehead atoms. The number of carbonyl (C=O) groups is 4. The van der Waals surface area contributed by atoms with Crippen LogP contribution in [0.1, 0.15) is 102 Å². The molecule has 0 spiro atoms. The van der Waals surface area contributed by atoms with Crippen molar-refractivity contribution < 1.29 is 28.7 Å². The van der Waals surface area contributed by atoms with Gasteiger partial charge in [0.1, 0.15) is 10.9 Å². The number of anilines is 1. The summed E-state index contributed by atoms with van der Waals surface area (Å²) in [5.74, 6) is 4.95. The van der Waals surface area contributed by atoms with E-state index in [-0.39, 0.29) is 28.0 Å². The minimum absolute atomic E-state index is 0.146. The molecule has 40 heavy (non-hydrogen) atoms. The summed E-state index contributed by atoms with van der Waals surface area (Å²) in [6, 6.07) is 0.904. The average Bonchev–Trinajstić information content (AvgIpc) is 3.28. The lowest BCUT2D eigenvalue weighted by Crippen LogP contribution is -2.51. The molecule has 8 nitrogen and oxygen atoms in total. The van der Waals surface area contributed by atoms with E-state index in [9.17, 15) is 19.2 Å². The van der Waals surface area contributed by atoms with Gasteiger partial charge < -0.3 is 14.4 Å². The third kappa shape index (κ3) is 9.09. The number of amides is 2. The molecule has 0 saturated heterocycles. The number of esters is 2. The second-order valence-electron chi connectivity index (χ2n) is 12.9. The van der Waals surface area contributed by atoms with Gasteiger partial charge in [0.2, 0.25) is 18.6 Å². The van der Waals surface area contributed by atoms with Gasteiger partial charge >= 0.3 is 11.9 Å². The number of thiophene rings is 1. The Kier molecular flexibility index (Phi) is 11.4. The first-order valence-corrected chi connectivity index (χ1v) is 14.8. The molecule has 222 valence electrons. The van der Waals surface area contributed by atoms with E-state index in [4.69, 9.17) is 9.47 Å². The van der Waals surface area contributed by atoms with Crippen LogP contribution in [0.2, 0.25) is 0 Å². The van der Waals surface area contributed by atoms with Gasteiger partial charge in [-0.3, -0.25) is 19.3 Å². The van der Waals surface area contributed by atoms with Crippen molar-refractivity contribution in [2.45, 2.75) is 93.5 Å². The molecule has 2 rings (SSSR count). The van der Waals surface area contributed by atoms with Crippen LogP contribution in [-0.2, 0) is 23.9 Å². The van der Waals surface area contributed by atoms with Crippen molar-refractivity contribution in [1.29, 1.82) is 0 Å². The number of rotatable bonds is 8. The van der Waals surface area contributed by atoms with Crippen LogP contribution in [0.3, 0.4) is 0 Å². The molecule has 0 N–H and O–H groups in total. The zero-order valence-corrected chi connectivity index (χ0v) is 26.6. The van der Waals surface area contributed by atoms with Crippen LogP contribution >= 0.6 is 11.3 Å². The minimum Gasteiger partial charge on any atom is -0.427 e. The highest BCUT2D eigenvalue weighted by Gasteiger charge is 2.39. The molecule has 0 radical (unpaired) electrons. The smallest absolute Gasteiger partial charge is 0.353 e. The predicted molar refractivity (Wildman–Crippen MR) is 158 cm³/mol. The Morgan fingerprint density at radius 3 is 2.12 bits per heavy atom. The van der Waals surface area contributed by atoms with Crippen molar-refractivity contribution in [3.05, 3.63) is 15.8 Å². The van der Waals surface area contributed by atoms with Crippen LogP contribution in [0, 0.1) is 34.5 Å². The van der Waals surface area contributed by atoms with Gasteiger partial charge in [0.05, 0.1) is 16.0 Å². The maximum atomic E-state index is 14.2. The molecule has 1 aromatic heterocycles. The molecule has 9 heteroatoms. The number of likely N-dealkylation sites (N-methyl/N-ethyl adjacent to an activating group) is 1. The fraction of sp³-hybridized carbons (Fsp3) is 0.677. The Morgan fingerprint density at radius 1 is 1.02 bits per heavy atom. The highest BCUT2D eigenvalue weighted by atomic mass is 32.1. The summed E-state index contributed by atoms with van der Waals surface area (Å²) >= 11 is 1.11. The number of carbonyl (C=O) groups excluding carboxylic acids is 4. The van der Waals surface area contributed by atoms with Gasteiger partial charge in [-0.25, -0.2) is 4.79 Å². The third-order valence-corrected chi connectivity index (χ3v) is 7.76. The van der Waals surface area contributed by atoms with E-state index in [2.05, 4.69) is 18.8 Å². The molecular weight excluding hydrogens is 528 g/mol. The molecule has 0 aromatic carbocycles. The van der Waals surface area contributed by atoms with Gasteiger partial charge in [-0.15, -0.1) is 11.3 Å². The van der Waals surface area contributed by atoms with Crippen LogP contribution < -0.4 is 4.90 Å². The molecule has 1 heterocycles. The topological polar surface area (TPSA) is 93.2 Å². The molecule has 1 aromatic rings. The molecule has 1 saturated carbocycles. The summed E-state index contributed by atoms with van der Waals surface area (Å²) in [5, 5.41) is 0. The fourth-order valence-corrected chi connectivity index (χ4v) is 5.24. The number of nitrogens with zero attached hydrogens (tertiary/aromatic N) is 2. The largest absolute Gasteiger partial charge is 0.427 e. The Bertz CT molecular complexity index is 1140. The standard InChI is InChI=1S/C31H46N2O6S/c1-11-23(27(35)32(9)10)33(26(34)21-14-12-20(2)13-15-21)24-18-22(16-17-30(3,4)5)40-25(24)28(36)38-19-39-29(37)31(6,7)8/h18,20-21,23H,11-15,19H2,1-10H3/t20-,21-,23-/m0/s1. The van der Waals surface area contributed by atoms with Crippen molar-refractivity contribution in [2.24, 2.45) is 22.7 Å². The van der Waals surface area contributed by atoms with Gasteiger partial charge in [0.25, 0.3) is 0 Å². The van der Waals surface area contributed by atoms with Gasteiger partial charge in [-0.2, -0.15) is 0 Å². The summed E-state index contributed by atoms with van der Waals surface area (Å²) in [6.07, 6.45) is 3.69. The van der Waals surface area contributed by atoms with Crippen LogP contribution in [0.4, 0.5) is 5.69 Å². The maximum absolute atomic E-state index is 14.2. The lowest BCUT2D eigenvalue weighted by molar-refractivity contribution is -0.161. The molecule has 1 atom stereocenters. The molecule has 1 aliphatic carbocycles. The summed E-state index contributed by atoms with van der Waals surface area (Å²) in [7, 11) is 3.31. The predicted octanol–water partition coefficient (Wildman–Crippen LogP) is 5.88. The van der Waals surface area contributed by atoms with E-state index in [0.717, 1.165) is 37.0 Å². The van der Waals surface area contributed by atoms with Gasteiger partial charge in [-0.1, -0.05) is 25.7 Å². The zero-order valence-electron chi connectivity index (χ0n) is 25.8.